The van der Waals surface area contributed by atoms with Gasteiger partial charge in [-0.15, -0.1) is 0 Å². The fraction of sp³-hybridized carbons (Fsp3) is 0.250. The number of aryl methyl sites for hydroxylation is 1. The first-order chi connectivity index (χ1) is 16.1. The monoisotopic (exact) mass is 525 g/mol. The van der Waals surface area contributed by atoms with E-state index in [0.717, 1.165) is 6.07 Å². The number of hydrogen-bond acceptors (Lipinski definition) is 5. The lowest BCUT2D eigenvalue weighted by atomic mass is 10.0. The Morgan fingerprint density at radius 3 is 2.37 bits per heavy atom. The number of aromatic nitrogens is 3. The number of benzene rings is 1. The summed E-state index contributed by atoms with van der Waals surface area (Å²) in [5.41, 5.74) is 2.71. The number of nitrogens with one attached hydrogen (secondary N) is 2. The van der Waals surface area contributed by atoms with Crippen LogP contribution in [-0.4, -0.2) is 33.4 Å². The predicted octanol–water partition coefficient (Wildman–Crippen LogP) is 5.76. The third kappa shape index (κ3) is 5.58. The normalized spacial score (nSPS) is 13.0. The van der Waals surface area contributed by atoms with Gasteiger partial charge in [0.25, 0.3) is 5.91 Å². The van der Waals surface area contributed by atoms with Gasteiger partial charge in [0.05, 0.1) is 22.5 Å². The minimum Gasteiger partial charge on any atom is -0.480 e. The number of nitrogens with zero attached hydrogens (tertiary/aromatic N) is 2. The number of carbonyl (C=O) groups is 1. The van der Waals surface area contributed by atoms with Crippen molar-refractivity contribution in [3.63, 3.8) is 0 Å². The van der Waals surface area contributed by atoms with Crippen LogP contribution in [0, 0.1) is 12.7 Å². The Labute approximate surface area is 197 Å². The van der Waals surface area contributed by atoms with Crippen LogP contribution in [0.1, 0.15) is 28.5 Å². The molecule has 0 saturated carbocycles. The maximum atomic E-state index is 14.9. The van der Waals surface area contributed by atoms with Crippen LogP contribution >= 0.6 is 11.6 Å². The van der Waals surface area contributed by atoms with Crippen molar-refractivity contribution in [2.24, 2.45) is 0 Å². The van der Waals surface area contributed by atoms with E-state index in [1.54, 1.807) is 0 Å². The van der Waals surface area contributed by atoms with E-state index in [9.17, 15) is 35.5 Å². The summed E-state index contributed by atoms with van der Waals surface area (Å²) in [6.07, 6.45) is -12.1. The number of carbonyl (C=O) groups excluding carboxylic acids is 1. The summed E-state index contributed by atoms with van der Waals surface area (Å²) in [5, 5.41) is 8.24. The number of H-pyrrole nitrogens is 1. The summed E-state index contributed by atoms with van der Waals surface area (Å²) in [6, 6.07) is 2.59. The topological polar surface area (TPSA) is 106 Å². The highest BCUT2D eigenvalue weighted by molar-refractivity contribution is 6.33. The Bertz CT molecular complexity index is 1250. The molecule has 3 rings (SSSR count). The fourth-order valence-electron chi connectivity index (χ4n) is 2.87. The number of aromatic amines is 1. The molecule has 15 heteroatoms. The molecule has 0 fully saturated rings. The molecule has 4 N–H and O–H groups in total. The van der Waals surface area contributed by atoms with Crippen molar-refractivity contribution >= 4 is 29.0 Å². The lowest BCUT2D eigenvalue weighted by Gasteiger charge is -2.20. The highest BCUT2D eigenvalue weighted by atomic mass is 35.5. The van der Waals surface area contributed by atoms with Crippen molar-refractivity contribution < 1.29 is 40.3 Å². The molecule has 0 bridgehead atoms. The van der Waals surface area contributed by atoms with Crippen molar-refractivity contribution in [2.75, 3.05) is 11.1 Å². The minimum atomic E-state index is -4.86. The SMILES string of the molecule is Cc1[nH]nc(Cl)c1NC(=O)c1cc(F)c(-c2ccc(C(F)(F)F)c(N)n2)cc1O[C@@H](C)C(F)(F)F. The summed E-state index contributed by atoms with van der Waals surface area (Å²) < 4.78 is 98.1. The predicted molar refractivity (Wildman–Crippen MR) is 111 cm³/mol. The van der Waals surface area contributed by atoms with Crippen LogP contribution in [0.5, 0.6) is 5.75 Å². The molecule has 0 radical (unpaired) electrons. The maximum absolute atomic E-state index is 14.9. The molecule has 2 heterocycles. The highest BCUT2D eigenvalue weighted by Gasteiger charge is 2.39. The van der Waals surface area contributed by atoms with Gasteiger partial charge in [-0.2, -0.15) is 31.4 Å². The molecule has 0 unspecified atom stereocenters. The second-order valence-electron chi connectivity index (χ2n) is 7.23. The van der Waals surface area contributed by atoms with Gasteiger partial charge in [0, 0.05) is 5.56 Å². The number of halogens is 8. The van der Waals surface area contributed by atoms with Gasteiger partial charge in [-0.1, -0.05) is 11.6 Å². The van der Waals surface area contributed by atoms with E-state index in [0.29, 0.717) is 30.8 Å². The standard InChI is InChI=1S/C20H15ClF7N5O2/c1-7-15(16(21)33-32-7)31-18(34)10-5-12(22)9(6-14(10)35-8(2)19(23,24)25)13-4-3-11(17(29)30-13)20(26,27)28/h3-6,8H,1-2H3,(H2,29,30)(H,31,34)(H,32,33)/t8-/m0/s1. The van der Waals surface area contributed by atoms with Crippen molar-refractivity contribution in [3.8, 4) is 17.0 Å². The zero-order valence-corrected chi connectivity index (χ0v) is 18.5. The van der Waals surface area contributed by atoms with E-state index < -0.39 is 64.1 Å². The van der Waals surface area contributed by atoms with E-state index in [1.165, 1.54) is 6.92 Å². The van der Waals surface area contributed by atoms with E-state index in [2.05, 4.69) is 20.5 Å². The van der Waals surface area contributed by atoms with Gasteiger partial charge in [-0.05, 0) is 38.1 Å². The fourth-order valence-corrected chi connectivity index (χ4v) is 3.10. The van der Waals surface area contributed by atoms with Crippen LogP contribution in [0.15, 0.2) is 24.3 Å². The molecule has 7 nitrogen and oxygen atoms in total. The molecule has 1 atom stereocenters. The molecular formula is C20H15ClF7N5O2. The zero-order valence-electron chi connectivity index (χ0n) is 17.7. The number of alkyl halides is 6. The lowest BCUT2D eigenvalue weighted by Crippen LogP contribution is -2.32. The molecule has 2 aromatic heterocycles. The molecule has 0 saturated heterocycles. The average molecular weight is 526 g/mol. The number of anilines is 2. The second kappa shape index (κ2) is 9.24. The minimum absolute atomic E-state index is 0.00634. The molecule has 1 aromatic carbocycles. The molecule has 3 aromatic rings. The Hall–Kier alpha value is -3.55. The van der Waals surface area contributed by atoms with Gasteiger partial charge in [0.2, 0.25) is 0 Å². The summed E-state index contributed by atoms with van der Waals surface area (Å²) >= 11 is 5.85. The number of amides is 1. The molecule has 1 amide bonds. The summed E-state index contributed by atoms with van der Waals surface area (Å²) in [6.45, 7) is 2.14. The van der Waals surface area contributed by atoms with Gasteiger partial charge in [0.1, 0.15) is 23.1 Å². The van der Waals surface area contributed by atoms with Gasteiger partial charge in [-0.3, -0.25) is 9.89 Å². The van der Waals surface area contributed by atoms with Crippen molar-refractivity contribution in [1.29, 1.82) is 0 Å². The van der Waals surface area contributed by atoms with Crippen LogP contribution in [-0.2, 0) is 6.18 Å². The van der Waals surface area contributed by atoms with Gasteiger partial charge < -0.3 is 15.8 Å². The van der Waals surface area contributed by atoms with E-state index in [1.807, 2.05) is 0 Å². The third-order valence-corrected chi connectivity index (χ3v) is 5.00. The Kier molecular flexibility index (Phi) is 6.88. The summed E-state index contributed by atoms with van der Waals surface area (Å²) in [5.74, 6) is -3.98. The quantitative estimate of drug-likeness (QED) is 0.368. The first-order valence-electron chi connectivity index (χ1n) is 9.52. The molecule has 0 aliphatic carbocycles. The summed E-state index contributed by atoms with van der Waals surface area (Å²) in [7, 11) is 0. The molecular weight excluding hydrogens is 511 g/mol. The largest absolute Gasteiger partial charge is 0.480 e. The average Bonchev–Trinajstić information content (AvgIpc) is 3.04. The van der Waals surface area contributed by atoms with E-state index in [-0.39, 0.29) is 10.8 Å². The molecule has 0 aliphatic heterocycles. The maximum Gasteiger partial charge on any atom is 0.425 e. The number of ether oxygens (including phenoxy) is 1. The Morgan fingerprint density at radius 2 is 1.86 bits per heavy atom. The number of pyridine rings is 1. The smallest absolute Gasteiger partial charge is 0.425 e. The van der Waals surface area contributed by atoms with E-state index >= 15 is 0 Å². The lowest BCUT2D eigenvalue weighted by molar-refractivity contribution is -0.189. The first kappa shape index (κ1) is 26.1. The molecule has 35 heavy (non-hydrogen) atoms. The van der Waals surface area contributed by atoms with Crippen LogP contribution in [0.3, 0.4) is 0 Å². The van der Waals surface area contributed by atoms with Crippen molar-refractivity contribution in [2.45, 2.75) is 32.3 Å². The molecule has 0 aliphatic rings. The Balaban J connectivity index is 2.10. The highest BCUT2D eigenvalue weighted by Crippen LogP contribution is 2.37. The van der Waals surface area contributed by atoms with Crippen LogP contribution in [0.2, 0.25) is 5.15 Å². The number of nitrogens with two attached hydrogens (primary N) is 1. The van der Waals surface area contributed by atoms with Gasteiger partial charge in [-0.25, -0.2) is 9.37 Å². The van der Waals surface area contributed by atoms with Crippen LogP contribution in [0.4, 0.5) is 42.2 Å². The first-order valence-corrected chi connectivity index (χ1v) is 9.90. The molecule has 188 valence electrons. The third-order valence-electron chi connectivity index (χ3n) is 4.73. The molecule has 0 spiro atoms. The van der Waals surface area contributed by atoms with Crippen LogP contribution < -0.4 is 15.8 Å². The second-order valence-corrected chi connectivity index (χ2v) is 7.58. The van der Waals surface area contributed by atoms with Crippen LogP contribution in [0.25, 0.3) is 11.3 Å². The van der Waals surface area contributed by atoms with Gasteiger partial charge in [0.15, 0.2) is 11.3 Å². The number of nitrogen functional groups attached to an aromatic ring is 1. The Morgan fingerprint density at radius 1 is 1.20 bits per heavy atom. The van der Waals surface area contributed by atoms with Crippen molar-refractivity contribution in [3.05, 3.63) is 52.1 Å². The zero-order chi connectivity index (χ0) is 26.3. The number of hydrogen-bond donors (Lipinski definition) is 3. The van der Waals surface area contributed by atoms with E-state index in [4.69, 9.17) is 22.1 Å². The number of rotatable bonds is 5. The van der Waals surface area contributed by atoms with Gasteiger partial charge >= 0.3 is 12.4 Å². The summed E-state index contributed by atoms with van der Waals surface area (Å²) in [4.78, 5) is 16.3. The van der Waals surface area contributed by atoms with Crippen molar-refractivity contribution in [1.82, 2.24) is 15.2 Å².